The average Bonchev–Trinajstić information content (AvgIpc) is 3.27. The number of hydrogen-bond acceptors (Lipinski definition) is 0. The van der Waals surface area contributed by atoms with E-state index in [0.29, 0.717) is 11.8 Å². The summed E-state index contributed by atoms with van der Waals surface area (Å²) in [7, 11) is 0. The number of rotatable bonds is 2. The number of fused-ring (bicyclic) bond motifs is 4. The number of hydrogen-bond donors (Lipinski definition) is 0. The van der Waals surface area contributed by atoms with Crippen molar-refractivity contribution >= 4 is 6.08 Å². The molecule has 0 aromatic heterocycles. The molecule has 1 atom stereocenters. The molecule has 0 N–H and O–H groups in total. The van der Waals surface area contributed by atoms with Gasteiger partial charge in [-0.25, -0.2) is 0 Å². The maximum Gasteiger partial charge on any atom is 0.0168 e. The molecule has 0 saturated heterocycles. The van der Waals surface area contributed by atoms with Crippen molar-refractivity contribution in [2.75, 3.05) is 0 Å². The van der Waals surface area contributed by atoms with Gasteiger partial charge in [-0.2, -0.15) is 0 Å². The van der Waals surface area contributed by atoms with Gasteiger partial charge in [0, 0.05) is 5.92 Å². The predicted octanol–water partition coefficient (Wildman–Crippen LogP) is 9.16. The van der Waals surface area contributed by atoms with Gasteiger partial charge < -0.3 is 0 Å². The highest BCUT2D eigenvalue weighted by Gasteiger charge is 2.36. The molecule has 0 fully saturated rings. The summed E-state index contributed by atoms with van der Waals surface area (Å²) >= 11 is 0. The second-order valence-corrected chi connectivity index (χ2v) is 12.5. The lowest BCUT2D eigenvalue weighted by molar-refractivity contribution is 0.589. The molecule has 2 aliphatic carbocycles. The Morgan fingerprint density at radius 3 is 1.82 bits per heavy atom. The minimum Gasteiger partial charge on any atom is -0.0683 e. The van der Waals surface area contributed by atoms with E-state index < -0.39 is 0 Å². The zero-order valence-electron chi connectivity index (χ0n) is 21.6. The highest BCUT2D eigenvalue weighted by molar-refractivity contribution is 5.81. The van der Waals surface area contributed by atoms with Crippen LogP contribution in [0.3, 0.4) is 0 Å². The quantitative estimate of drug-likeness (QED) is 0.377. The van der Waals surface area contributed by atoms with Crippen LogP contribution in [0.15, 0.2) is 60.2 Å². The first-order chi connectivity index (χ1) is 15.4. The summed E-state index contributed by atoms with van der Waals surface area (Å²) in [6.45, 7) is 18.6. The molecule has 0 spiro atoms. The third-order valence-electron chi connectivity index (χ3n) is 7.88. The van der Waals surface area contributed by atoms with Crippen LogP contribution >= 0.6 is 0 Å². The molecule has 0 bridgehead atoms. The van der Waals surface area contributed by atoms with Gasteiger partial charge in [0.25, 0.3) is 0 Å². The Morgan fingerprint density at radius 2 is 1.30 bits per heavy atom. The third-order valence-corrected chi connectivity index (χ3v) is 7.88. The Morgan fingerprint density at radius 1 is 0.758 bits per heavy atom. The molecule has 0 amide bonds. The summed E-state index contributed by atoms with van der Waals surface area (Å²) < 4.78 is 0. The van der Waals surface area contributed by atoms with Crippen molar-refractivity contribution < 1.29 is 0 Å². The topological polar surface area (TPSA) is 0 Å². The van der Waals surface area contributed by atoms with Crippen LogP contribution in [0.25, 0.3) is 17.2 Å². The summed E-state index contributed by atoms with van der Waals surface area (Å²) in [5, 5.41) is 0. The second kappa shape index (κ2) is 7.45. The SMILES string of the molecule is CC1=Cc2c(cccc2C(C)C2c3ccc(C(C)(C)C)cc3-c3cc(C(C)(C)C)ccc32)C1. The van der Waals surface area contributed by atoms with E-state index in [-0.39, 0.29) is 10.8 Å². The van der Waals surface area contributed by atoms with E-state index in [2.05, 4.69) is 116 Å². The fourth-order valence-electron chi connectivity index (χ4n) is 5.90. The molecule has 3 aromatic carbocycles. The molecule has 0 saturated carbocycles. The van der Waals surface area contributed by atoms with Crippen LogP contribution in [0.5, 0.6) is 0 Å². The van der Waals surface area contributed by atoms with Gasteiger partial charge in [0.2, 0.25) is 0 Å². The van der Waals surface area contributed by atoms with Gasteiger partial charge in [0.1, 0.15) is 0 Å². The largest absolute Gasteiger partial charge is 0.0683 e. The molecule has 0 nitrogen and oxygen atoms in total. The van der Waals surface area contributed by atoms with Crippen LogP contribution in [-0.2, 0) is 17.3 Å². The first-order valence-corrected chi connectivity index (χ1v) is 12.5. The summed E-state index contributed by atoms with van der Waals surface area (Å²) in [6.07, 6.45) is 3.51. The van der Waals surface area contributed by atoms with Crippen LogP contribution in [0.1, 0.15) is 106 Å². The summed E-state index contributed by atoms with van der Waals surface area (Å²) in [5.41, 5.74) is 14.9. The van der Waals surface area contributed by atoms with Crippen LogP contribution in [0.2, 0.25) is 0 Å². The van der Waals surface area contributed by atoms with Gasteiger partial charge >= 0.3 is 0 Å². The van der Waals surface area contributed by atoms with Gasteiger partial charge in [-0.15, -0.1) is 0 Å². The molecule has 33 heavy (non-hydrogen) atoms. The monoisotopic (exact) mass is 434 g/mol. The van der Waals surface area contributed by atoms with Gasteiger partial charge in [0.15, 0.2) is 0 Å². The molecule has 3 aromatic rings. The van der Waals surface area contributed by atoms with Gasteiger partial charge in [-0.1, -0.05) is 115 Å². The van der Waals surface area contributed by atoms with Crippen molar-refractivity contribution in [3.63, 3.8) is 0 Å². The van der Waals surface area contributed by atoms with E-state index in [4.69, 9.17) is 0 Å². The highest BCUT2D eigenvalue weighted by Crippen LogP contribution is 2.53. The van der Waals surface area contributed by atoms with Crippen LogP contribution < -0.4 is 0 Å². The zero-order valence-corrected chi connectivity index (χ0v) is 21.6. The zero-order chi connectivity index (χ0) is 23.7. The fraction of sp³-hybridized carbons (Fsp3) is 0.394. The smallest absolute Gasteiger partial charge is 0.0168 e. The Labute approximate surface area is 200 Å². The van der Waals surface area contributed by atoms with E-state index in [9.17, 15) is 0 Å². The maximum absolute atomic E-state index is 2.48. The van der Waals surface area contributed by atoms with Crippen LogP contribution in [0, 0.1) is 0 Å². The maximum atomic E-state index is 2.48. The van der Waals surface area contributed by atoms with Crippen LogP contribution in [0.4, 0.5) is 0 Å². The Kier molecular flexibility index (Phi) is 5.02. The average molecular weight is 435 g/mol. The molecule has 0 aliphatic heterocycles. The number of allylic oxidation sites excluding steroid dienone is 1. The summed E-state index contributed by atoms with van der Waals surface area (Å²) in [4.78, 5) is 0. The summed E-state index contributed by atoms with van der Waals surface area (Å²) in [6, 6.07) is 21.5. The van der Waals surface area contributed by atoms with Crippen molar-refractivity contribution in [3.05, 3.63) is 99.1 Å². The van der Waals surface area contributed by atoms with Crippen LogP contribution in [-0.4, -0.2) is 0 Å². The van der Waals surface area contributed by atoms with E-state index in [1.807, 2.05) is 0 Å². The minimum absolute atomic E-state index is 0.142. The molecule has 0 heteroatoms. The van der Waals surface area contributed by atoms with Crippen molar-refractivity contribution in [1.29, 1.82) is 0 Å². The molecular weight excluding hydrogens is 396 g/mol. The van der Waals surface area contributed by atoms with E-state index >= 15 is 0 Å². The Bertz CT molecular complexity index is 1210. The van der Waals surface area contributed by atoms with Gasteiger partial charge in [-0.05, 0) is 80.2 Å². The first-order valence-electron chi connectivity index (χ1n) is 12.5. The second-order valence-electron chi connectivity index (χ2n) is 12.5. The molecule has 2 aliphatic rings. The lowest BCUT2D eigenvalue weighted by Gasteiger charge is -2.26. The van der Waals surface area contributed by atoms with Crippen molar-refractivity contribution in [3.8, 4) is 11.1 Å². The Balaban J connectivity index is 1.71. The number of benzene rings is 3. The van der Waals surface area contributed by atoms with E-state index in [1.54, 1.807) is 0 Å². The van der Waals surface area contributed by atoms with E-state index in [1.165, 1.54) is 55.6 Å². The predicted molar refractivity (Wildman–Crippen MR) is 143 cm³/mol. The normalized spacial score (nSPS) is 16.3. The molecule has 5 rings (SSSR count). The lowest BCUT2D eigenvalue weighted by Crippen LogP contribution is -2.12. The molecule has 170 valence electrons. The molecule has 0 radical (unpaired) electrons. The van der Waals surface area contributed by atoms with Crippen molar-refractivity contribution in [2.45, 2.75) is 84.5 Å². The lowest BCUT2D eigenvalue weighted by atomic mass is 9.78. The minimum atomic E-state index is 0.142. The molecule has 1 unspecified atom stereocenters. The van der Waals surface area contributed by atoms with Gasteiger partial charge in [0.05, 0.1) is 0 Å². The van der Waals surface area contributed by atoms with Crippen molar-refractivity contribution in [1.82, 2.24) is 0 Å². The highest BCUT2D eigenvalue weighted by atomic mass is 14.4. The standard InChI is InChI=1S/C33H38/c1-20-16-22-10-9-11-25(28(22)17-20)21(2)31-26-14-12-23(32(3,4)5)18-29(26)30-19-24(33(6,7)8)13-15-27(30)31/h9-15,17-19,21,31H,16H2,1-8H3. The third kappa shape index (κ3) is 3.68. The first kappa shape index (κ1) is 22.2. The fourth-order valence-corrected chi connectivity index (χ4v) is 5.90. The summed E-state index contributed by atoms with van der Waals surface area (Å²) in [5.74, 6) is 0.807. The van der Waals surface area contributed by atoms with Crippen molar-refractivity contribution in [2.24, 2.45) is 0 Å². The van der Waals surface area contributed by atoms with E-state index in [0.717, 1.165) is 6.42 Å². The molecular formula is C33H38. The molecule has 0 heterocycles. The van der Waals surface area contributed by atoms with Gasteiger partial charge in [-0.3, -0.25) is 0 Å². The Hall–Kier alpha value is -2.60.